The summed E-state index contributed by atoms with van der Waals surface area (Å²) < 4.78 is 21.2. The summed E-state index contributed by atoms with van der Waals surface area (Å²) in [6.07, 6.45) is 5.53. The predicted octanol–water partition coefficient (Wildman–Crippen LogP) is 5.32. The van der Waals surface area contributed by atoms with Crippen molar-refractivity contribution in [3.63, 3.8) is 0 Å². The molecule has 0 aliphatic rings. The summed E-state index contributed by atoms with van der Waals surface area (Å²) >= 11 is 0. The smallest absolute Gasteiger partial charge is 0.127 e. The lowest BCUT2D eigenvalue weighted by atomic mass is 10.0. The largest absolute Gasteiger partial charge is 0.497 e. The highest BCUT2D eigenvalue weighted by Gasteiger charge is 2.16. The Hall–Kier alpha value is -4.46. The van der Waals surface area contributed by atoms with Crippen LogP contribution in [0.5, 0.6) is 5.75 Å². The molecule has 0 spiro atoms. The number of rotatable bonds is 4. The Morgan fingerprint density at radius 2 is 1.79 bits per heavy atom. The number of fused-ring (bicyclic) bond motifs is 2. The third kappa shape index (κ3) is 3.23. The quantitative estimate of drug-likeness (QED) is 0.390. The van der Waals surface area contributed by atoms with Crippen molar-refractivity contribution >= 4 is 21.8 Å². The van der Waals surface area contributed by atoms with E-state index in [9.17, 15) is 4.39 Å². The Kier molecular flexibility index (Phi) is 4.26. The average Bonchev–Trinajstić information content (AvgIpc) is 3.55. The summed E-state index contributed by atoms with van der Waals surface area (Å²) in [5.41, 5.74) is 6.88. The number of aromatic nitrogens is 6. The summed E-state index contributed by atoms with van der Waals surface area (Å²) in [5, 5.41) is 13.8. The van der Waals surface area contributed by atoms with Gasteiger partial charge in [0, 0.05) is 52.9 Å². The minimum Gasteiger partial charge on any atom is -0.497 e. The molecule has 0 atom stereocenters. The van der Waals surface area contributed by atoms with Crippen LogP contribution in [0.25, 0.3) is 55.6 Å². The van der Waals surface area contributed by atoms with Crippen molar-refractivity contribution in [2.75, 3.05) is 7.11 Å². The third-order valence-electron chi connectivity index (χ3n) is 5.78. The number of aryl methyl sites for hydroxylation is 1. The number of halogens is 1. The molecule has 0 saturated carbocycles. The van der Waals surface area contributed by atoms with Gasteiger partial charge in [0.1, 0.15) is 17.3 Å². The van der Waals surface area contributed by atoms with E-state index in [2.05, 4.69) is 31.3 Å². The van der Waals surface area contributed by atoms with Gasteiger partial charge in [-0.1, -0.05) is 6.07 Å². The van der Waals surface area contributed by atoms with Gasteiger partial charge in [0.05, 0.1) is 30.2 Å². The molecular formula is C25H19FN6O. The maximum atomic E-state index is 14.1. The second-order valence-corrected chi connectivity index (χ2v) is 7.92. The monoisotopic (exact) mass is 438 g/mol. The van der Waals surface area contributed by atoms with Gasteiger partial charge in [0.15, 0.2) is 0 Å². The van der Waals surface area contributed by atoms with Crippen LogP contribution in [-0.2, 0) is 7.05 Å². The van der Waals surface area contributed by atoms with Crippen LogP contribution in [-0.4, -0.2) is 37.1 Å². The van der Waals surface area contributed by atoms with Crippen LogP contribution in [0.3, 0.4) is 0 Å². The number of aromatic amines is 2. The summed E-state index contributed by atoms with van der Waals surface area (Å²) in [6.45, 7) is 0. The lowest BCUT2D eigenvalue weighted by Gasteiger charge is -2.06. The van der Waals surface area contributed by atoms with Gasteiger partial charge in [0.2, 0.25) is 0 Å². The Morgan fingerprint density at radius 3 is 2.61 bits per heavy atom. The van der Waals surface area contributed by atoms with Crippen LogP contribution in [0.2, 0.25) is 0 Å². The van der Waals surface area contributed by atoms with Crippen LogP contribution >= 0.6 is 0 Å². The predicted molar refractivity (Wildman–Crippen MR) is 125 cm³/mol. The SMILES string of the molecule is COc1cc(F)cc(-c2nccc3[nH]c(-c4n[nH]c5ccc(-c6cnn(C)c6)cc45)cc23)c1. The van der Waals surface area contributed by atoms with Crippen LogP contribution < -0.4 is 4.74 Å². The molecule has 162 valence electrons. The Bertz CT molecular complexity index is 1640. The average molecular weight is 438 g/mol. The molecule has 7 nitrogen and oxygen atoms in total. The van der Waals surface area contributed by atoms with E-state index >= 15 is 0 Å². The number of pyridine rings is 1. The molecule has 0 unspecified atom stereocenters. The van der Waals surface area contributed by atoms with Crippen molar-refractivity contribution in [3.05, 3.63) is 72.9 Å². The Morgan fingerprint density at radius 1 is 0.909 bits per heavy atom. The second-order valence-electron chi connectivity index (χ2n) is 7.92. The zero-order chi connectivity index (χ0) is 22.5. The molecule has 0 aliphatic carbocycles. The third-order valence-corrected chi connectivity index (χ3v) is 5.78. The van der Waals surface area contributed by atoms with E-state index < -0.39 is 0 Å². The van der Waals surface area contributed by atoms with E-state index in [0.717, 1.165) is 44.3 Å². The van der Waals surface area contributed by atoms with Gasteiger partial charge in [-0.3, -0.25) is 14.8 Å². The Balaban J connectivity index is 1.50. The summed E-state index contributed by atoms with van der Waals surface area (Å²) in [5.74, 6) is 0.0703. The van der Waals surface area contributed by atoms with Crippen molar-refractivity contribution < 1.29 is 9.13 Å². The molecule has 4 aromatic heterocycles. The molecule has 2 N–H and O–H groups in total. The molecule has 6 rings (SSSR count). The van der Waals surface area contributed by atoms with Gasteiger partial charge < -0.3 is 9.72 Å². The molecule has 0 aliphatic heterocycles. The first kappa shape index (κ1) is 19.2. The number of nitrogens with zero attached hydrogens (tertiary/aromatic N) is 4. The molecule has 0 radical (unpaired) electrons. The number of methoxy groups -OCH3 is 1. The Labute approximate surface area is 187 Å². The zero-order valence-corrected chi connectivity index (χ0v) is 17.9. The van der Waals surface area contributed by atoms with Crippen molar-refractivity contribution in [3.8, 4) is 39.5 Å². The minimum absolute atomic E-state index is 0.375. The van der Waals surface area contributed by atoms with E-state index in [1.807, 2.05) is 43.7 Å². The van der Waals surface area contributed by atoms with Crippen molar-refractivity contribution in [1.82, 2.24) is 29.9 Å². The van der Waals surface area contributed by atoms with E-state index in [4.69, 9.17) is 4.74 Å². The lowest BCUT2D eigenvalue weighted by molar-refractivity contribution is 0.411. The molecule has 6 aromatic rings. The maximum Gasteiger partial charge on any atom is 0.127 e. The van der Waals surface area contributed by atoms with E-state index in [1.165, 1.54) is 19.2 Å². The number of nitrogens with one attached hydrogen (secondary N) is 2. The van der Waals surface area contributed by atoms with E-state index in [0.29, 0.717) is 17.0 Å². The number of benzene rings is 2. The van der Waals surface area contributed by atoms with Gasteiger partial charge in [-0.05, 0) is 42.0 Å². The molecule has 0 amide bonds. The summed E-state index contributed by atoms with van der Waals surface area (Å²) in [4.78, 5) is 7.97. The van der Waals surface area contributed by atoms with Crippen molar-refractivity contribution in [1.29, 1.82) is 0 Å². The molecule has 0 fully saturated rings. The number of ether oxygens (including phenoxy) is 1. The second kappa shape index (κ2) is 7.30. The fraction of sp³-hybridized carbons (Fsp3) is 0.0800. The van der Waals surface area contributed by atoms with Crippen LogP contribution in [0, 0.1) is 5.82 Å². The first-order valence-electron chi connectivity index (χ1n) is 10.4. The molecule has 0 saturated heterocycles. The minimum atomic E-state index is -0.375. The van der Waals surface area contributed by atoms with Gasteiger partial charge in [-0.2, -0.15) is 10.2 Å². The maximum absolute atomic E-state index is 14.1. The number of H-pyrrole nitrogens is 2. The number of hydrogen-bond acceptors (Lipinski definition) is 4. The molecule has 0 bridgehead atoms. The highest BCUT2D eigenvalue weighted by atomic mass is 19.1. The van der Waals surface area contributed by atoms with Crippen molar-refractivity contribution in [2.24, 2.45) is 7.05 Å². The number of hydrogen-bond donors (Lipinski definition) is 2. The fourth-order valence-electron chi connectivity index (χ4n) is 4.20. The highest BCUT2D eigenvalue weighted by molar-refractivity contribution is 6.00. The van der Waals surface area contributed by atoms with Gasteiger partial charge >= 0.3 is 0 Å². The standard InChI is InChI=1S/C25H19FN6O/c1-32-13-16(12-28-32)14-3-4-22-19(9-14)25(31-30-22)23-11-20-21(29-23)5-6-27-24(20)15-7-17(26)10-18(8-15)33-2/h3-13,29H,1-2H3,(H,30,31). The zero-order valence-electron chi connectivity index (χ0n) is 17.9. The van der Waals surface area contributed by atoms with Crippen molar-refractivity contribution in [2.45, 2.75) is 0 Å². The summed E-state index contributed by atoms with van der Waals surface area (Å²) in [6, 6.07) is 14.7. The highest BCUT2D eigenvalue weighted by Crippen LogP contribution is 2.35. The van der Waals surface area contributed by atoms with Crippen LogP contribution in [0.4, 0.5) is 4.39 Å². The summed E-state index contributed by atoms with van der Waals surface area (Å²) in [7, 11) is 3.42. The van der Waals surface area contributed by atoms with Gasteiger partial charge in [0.25, 0.3) is 0 Å². The molecule has 8 heteroatoms. The molecule has 4 heterocycles. The van der Waals surface area contributed by atoms with Gasteiger partial charge in [-0.25, -0.2) is 4.39 Å². The first-order chi connectivity index (χ1) is 16.1. The normalized spacial score (nSPS) is 11.5. The fourth-order valence-corrected chi connectivity index (χ4v) is 4.20. The van der Waals surface area contributed by atoms with Crippen LogP contribution in [0.1, 0.15) is 0 Å². The van der Waals surface area contributed by atoms with Gasteiger partial charge in [-0.15, -0.1) is 0 Å². The topological polar surface area (TPSA) is 84.4 Å². The lowest BCUT2D eigenvalue weighted by Crippen LogP contribution is -1.89. The van der Waals surface area contributed by atoms with E-state index in [1.54, 1.807) is 16.9 Å². The molecular weight excluding hydrogens is 419 g/mol. The van der Waals surface area contributed by atoms with E-state index in [-0.39, 0.29) is 5.82 Å². The first-order valence-corrected chi connectivity index (χ1v) is 10.4. The van der Waals surface area contributed by atoms with Crippen LogP contribution in [0.15, 0.2) is 67.1 Å². The molecule has 33 heavy (non-hydrogen) atoms. The molecule has 2 aromatic carbocycles.